The maximum absolute atomic E-state index is 12.3. The van der Waals surface area contributed by atoms with Crippen molar-refractivity contribution in [2.45, 2.75) is 25.9 Å². The lowest BCUT2D eigenvalue weighted by Gasteiger charge is -2.30. The van der Waals surface area contributed by atoms with Gasteiger partial charge in [-0.15, -0.1) is 0 Å². The van der Waals surface area contributed by atoms with Crippen LogP contribution < -0.4 is 11.1 Å². The summed E-state index contributed by atoms with van der Waals surface area (Å²) >= 11 is 0. The van der Waals surface area contributed by atoms with Crippen LogP contribution in [-0.2, 0) is 17.9 Å². The van der Waals surface area contributed by atoms with E-state index in [2.05, 4.69) is 10.4 Å². The molecule has 7 nitrogen and oxygen atoms in total. The molecule has 3 rings (SSSR count). The quantitative estimate of drug-likeness (QED) is 0.859. The Bertz CT molecular complexity index is 712. The van der Waals surface area contributed by atoms with Crippen LogP contribution >= 0.6 is 0 Å². The minimum atomic E-state index is -0.453. The Labute approximate surface area is 146 Å². The summed E-state index contributed by atoms with van der Waals surface area (Å²) in [4.78, 5) is 25.1. The molecular weight excluding hydrogens is 318 g/mol. The van der Waals surface area contributed by atoms with E-state index in [4.69, 9.17) is 5.73 Å². The average molecular weight is 341 g/mol. The Morgan fingerprint density at radius 1 is 1.24 bits per heavy atom. The van der Waals surface area contributed by atoms with E-state index in [0.29, 0.717) is 19.6 Å². The van der Waals surface area contributed by atoms with Crippen LogP contribution in [0.3, 0.4) is 0 Å². The van der Waals surface area contributed by atoms with Crippen LogP contribution in [0.25, 0.3) is 0 Å². The fourth-order valence-electron chi connectivity index (χ4n) is 3.07. The number of likely N-dealkylation sites (tertiary alicyclic amines) is 1. The molecule has 0 saturated carbocycles. The van der Waals surface area contributed by atoms with Crippen molar-refractivity contribution in [1.82, 2.24) is 20.0 Å². The van der Waals surface area contributed by atoms with Gasteiger partial charge in [0, 0.05) is 32.0 Å². The van der Waals surface area contributed by atoms with Gasteiger partial charge in [0.15, 0.2) is 0 Å². The molecule has 1 fully saturated rings. The fourth-order valence-corrected chi connectivity index (χ4v) is 3.07. The number of urea groups is 1. The molecule has 0 aliphatic carbocycles. The van der Waals surface area contributed by atoms with E-state index in [-0.39, 0.29) is 11.8 Å². The van der Waals surface area contributed by atoms with Crippen molar-refractivity contribution in [2.24, 2.45) is 11.7 Å². The average Bonchev–Trinajstić information content (AvgIpc) is 3.14. The topological polar surface area (TPSA) is 93.3 Å². The van der Waals surface area contributed by atoms with E-state index in [1.807, 2.05) is 41.2 Å². The Hall–Kier alpha value is -2.83. The monoisotopic (exact) mass is 341 g/mol. The molecule has 1 aliphatic heterocycles. The van der Waals surface area contributed by atoms with Crippen molar-refractivity contribution in [1.29, 1.82) is 0 Å². The Balaban J connectivity index is 1.49. The number of aromatic nitrogens is 2. The zero-order valence-corrected chi connectivity index (χ0v) is 14.1. The third kappa shape index (κ3) is 4.59. The molecule has 1 saturated heterocycles. The molecule has 1 aromatic carbocycles. The van der Waals surface area contributed by atoms with Gasteiger partial charge >= 0.3 is 6.03 Å². The zero-order valence-electron chi connectivity index (χ0n) is 14.1. The number of benzene rings is 1. The second-order valence-electron chi connectivity index (χ2n) is 6.36. The predicted octanol–water partition coefficient (Wildman–Crippen LogP) is 1.34. The number of amides is 3. The Morgan fingerprint density at radius 2 is 2.00 bits per heavy atom. The lowest BCUT2D eigenvalue weighted by molar-refractivity contribution is -0.126. The van der Waals surface area contributed by atoms with Crippen molar-refractivity contribution < 1.29 is 9.59 Å². The SMILES string of the molecule is NC(=O)N1CCC[C@@H](C(=O)NCc2ccc(Cn3cccn3)cc2)C1. The summed E-state index contributed by atoms with van der Waals surface area (Å²) in [5.74, 6) is -0.202. The number of rotatable bonds is 5. The van der Waals surface area contributed by atoms with Gasteiger partial charge in [-0.25, -0.2) is 4.79 Å². The normalized spacial score (nSPS) is 17.3. The second kappa shape index (κ2) is 7.83. The number of primary amides is 1. The van der Waals surface area contributed by atoms with E-state index >= 15 is 0 Å². The maximum atomic E-state index is 12.3. The zero-order chi connectivity index (χ0) is 17.6. The van der Waals surface area contributed by atoms with Gasteiger partial charge in [0.05, 0.1) is 12.5 Å². The molecule has 1 aromatic heterocycles. The first-order valence-corrected chi connectivity index (χ1v) is 8.49. The van der Waals surface area contributed by atoms with Crippen LogP contribution in [-0.4, -0.2) is 39.7 Å². The number of carbonyl (C=O) groups excluding carboxylic acids is 2. The lowest BCUT2D eigenvalue weighted by Crippen LogP contribution is -2.47. The number of nitrogens with zero attached hydrogens (tertiary/aromatic N) is 3. The summed E-state index contributed by atoms with van der Waals surface area (Å²) in [6.45, 7) is 2.25. The fraction of sp³-hybridized carbons (Fsp3) is 0.389. The summed E-state index contributed by atoms with van der Waals surface area (Å²) in [7, 11) is 0. The molecule has 1 aliphatic rings. The highest BCUT2D eigenvalue weighted by molar-refractivity contribution is 5.80. The van der Waals surface area contributed by atoms with Crippen LogP contribution in [0.15, 0.2) is 42.7 Å². The van der Waals surface area contributed by atoms with Crippen molar-refractivity contribution in [2.75, 3.05) is 13.1 Å². The first kappa shape index (κ1) is 17.0. The van der Waals surface area contributed by atoms with Crippen LogP contribution in [0, 0.1) is 5.92 Å². The van der Waals surface area contributed by atoms with Gasteiger partial charge in [-0.05, 0) is 30.0 Å². The predicted molar refractivity (Wildman–Crippen MR) is 93.5 cm³/mol. The summed E-state index contributed by atoms with van der Waals surface area (Å²) < 4.78 is 1.87. The van der Waals surface area contributed by atoms with Gasteiger partial charge in [0.25, 0.3) is 0 Å². The third-order valence-electron chi connectivity index (χ3n) is 4.50. The van der Waals surface area contributed by atoms with Gasteiger partial charge in [-0.3, -0.25) is 9.48 Å². The van der Waals surface area contributed by atoms with Gasteiger partial charge in [0.2, 0.25) is 5.91 Å². The van der Waals surface area contributed by atoms with Gasteiger partial charge in [-0.2, -0.15) is 5.10 Å². The molecule has 25 heavy (non-hydrogen) atoms. The third-order valence-corrected chi connectivity index (χ3v) is 4.50. The van der Waals surface area contributed by atoms with Crippen molar-refractivity contribution in [3.05, 3.63) is 53.9 Å². The van der Waals surface area contributed by atoms with Gasteiger partial charge in [0.1, 0.15) is 0 Å². The number of carbonyl (C=O) groups is 2. The largest absolute Gasteiger partial charge is 0.352 e. The molecule has 0 unspecified atom stereocenters. The minimum absolute atomic E-state index is 0.0217. The molecule has 132 valence electrons. The van der Waals surface area contributed by atoms with E-state index in [9.17, 15) is 9.59 Å². The number of hydrogen-bond donors (Lipinski definition) is 2. The van der Waals surface area contributed by atoms with Gasteiger partial charge in [-0.1, -0.05) is 24.3 Å². The Kier molecular flexibility index (Phi) is 5.33. The summed E-state index contributed by atoms with van der Waals surface area (Å²) in [6.07, 6.45) is 5.28. The smallest absolute Gasteiger partial charge is 0.314 e. The molecule has 3 amide bonds. The molecular formula is C18H23N5O2. The van der Waals surface area contributed by atoms with Gasteiger partial charge < -0.3 is 16.0 Å². The Morgan fingerprint density at radius 3 is 2.68 bits per heavy atom. The molecule has 0 spiro atoms. The summed E-state index contributed by atoms with van der Waals surface area (Å²) in [5, 5.41) is 7.14. The van der Waals surface area contributed by atoms with E-state index in [0.717, 1.165) is 30.5 Å². The molecule has 1 atom stereocenters. The standard InChI is InChI=1S/C18H23N5O2/c19-18(25)22-9-1-3-16(13-22)17(24)20-11-14-4-6-15(7-5-14)12-23-10-2-8-21-23/h2,4-8,10,16H,1,3,9,11-13H2,(H2,19,25)(H,20,24)/t16-/m1/s1. The van der Waals surface area contributed by atoms with Crippen LogP contribution in [0.4, 0.5) is 4.79 Å². The minimum Gasteiger partial charge on any atom is -0.352 e. The number of nitrogens with two attached hydrogens (primary N) is 1. The van der Waals surface area contributed by atoms with E-state index in [1.165, 1.54) is 4.90 Å². The highest BCUT2D eigenvalue weighted by Crippen LogP contribution is 2.16. The summed E-state index contributed by atoms with van der Waals surface area (Å²) in [6, 6.07) is 9.54. The van der Waals surface area contributed by atoms with Crippen molar-refractivity contribution in [3.8, 4) is 0 Å². The molecule has 2 heterocycles. The molecule has 3 N–H and O–H groups in total. The molecule has 7 heteroatoms. The van der Waals surface area contributed by atoms with Crippen molar-refractivity contribution >= 4 is 11.9 Å². The summed E-state index contributed by atoms with van der Waals surface area (Å²) in [5.41, 5.74) is 7.50. The molecule has 2 aromatic rings. The molecule has 0 bridgehead atoms. The van der Waals surface area contributed by atoms with E-state index in [1.54, 1.807) is 6.20 Å². The highest BCUT2D eigenvalue weighted by Gasteiger charge is 2.27. The van der Waals surface area contributed by atoms with Crippen LogP contribution in [0.1, 0.15) is 24.0 Å². The molecule has 0 radical (unpaired) electrons. The number of nitrogens with one attached hydrogen (secondary N) is 1. The first-order chi connectivity index (χ1) is 12.1. The second-order valence-corrected chi connectivity index (χ2v) is 6.36. The van der Waals surface area contributed by atoms with Crippen LogP contribution in [0.2, 0.25) is 0 Å². The van der Waals surface area contributed by atoms with Crippen molar-refractivity contribution in [3.63, 3.8) is 0 Å². The lowest BCUT2D eigenvalue weighted by atomic mass is 9.97. The van der Waals surface area contributed by atoms with Crippen LogP contribution in [0.5, 0.6) is 0 Å². The maximum Gasteiger partial charge on any atom is 0.314 e. The number of hydrogen-bond acceptors (Lipinski definition) is 3. The first-order valence-electron chi connectivity index (χ1n) is 8.49. The van der Waals surface area contributed by atoms with E-state index < -0.39 is 6.03 Å². The highest BCUT2D eigenvalue weighted by atomic mass is 16.2. The number of piperidine rings is 1.